The number of carbonyl (C=O) groups excluding carboxylic acids is 2. The van der Waals surface area contributed by atoms with E-state index in [9.17, 15) is 9.59 Å². The highest BCUT2D eigenvalue weighted by atomic mass is 79.9. The molecule has 1 N–H and O–H groups in total. The van der Waals surface area contributed by atoms with Gasteiger partial charge in [-0.1, -0.05) is 71.2 Å². The Bertz CT molecular complexity index is 894. The Morgan fingerprint density at radius 3 is 2.39 bits per heavy atom. The van der Waals surface area contributed by atoms with E-state index in [1.165, 1.54) is 11.8 Å². The summed E-state index contributed by atoms with van der Waals surface area (Å²) in [5.74, 6) is 0.931. The summed E-state index contributed by atoms with van der Waals surface area (Å²) >= 11 is 17.1. The highest BCUT2D eigenvalue weighted by molar-refractivity contribution is 9.10. The molecule has 2 rings (SSSR count). The molecule has 2 aromatic carbocycles. The molecule has 31 heavy (non-hydrogen) atoms. The van der Waals surface area contributed by atoms with Gasteiger partial charge in [-0.15, -0.1) is 11.8 Å². The first-order chi connectivity index (χ1) is 14.7. The molecule has 0 radical (unpaired) electrons. The zero-order chi connectivity index (χ0) is 23.0. The monoisotopic (exact) mass is 544 g/mol. The van der Waals surface area contributed by atoms with Crippen molar-refractivity contribution in [2.45, 2.75) is 39.1 Å². The van der Waals surface area contributed by atoms with E-state index in [1.54, 1.807) is 24.0 Å². The number of halogens is 3. The second kappa shape index (κ2) is 12.7. The normalized spacial score (nSPS) is 12.0. The SMILES string of the molecule is CC(C)CNC(=O)C(C)N(Cc1ccc(Br)cc1)C(=O)CSCc1ccc(Cl)cc1Cl. The molecule has 168 valence electrons. The van der Waals surface area contributed by atoms with Crippen LogP contribution in [0.15, 0.2) is 46.9 Å². The predicted molar refractivity (Wildman–Crippen MR) is 135 cm³/mol. The van der Waals surface area contributed by atoms with Gasteiger partial charge in [0, 0.05) is 33.4 Å². The molecule has 0 aliphatic rings. The minimum atomic E-state index is -0.574. The van der Waals surface area contributed by atoms with E-state index in [4.69, 9.17) is 23.2 Å². The second-order valence-corrected chi connectivity index (χ2v) is 10.4. The van der Waals surface area contributed by atoms with E-state index >= 15 is 0 Å². The fourth-order valence-electron chi connectivity index (χ4n) is 2.79. The molecule has 0 spiro atoms. The van der Waals surface area contributed by atoms with Gasteiger partial charge in [0.15, 0.2) is 0 Å². The van der Waals surface area contributed by atoms with Crippen molar-refractivity contribution in [3.05, 3.63) is 68.1 Å². The summed E-state index contributed by atoms with van der Waals surface area (Å²) in [6.45, 7) is 6.79. The highest BCUT2D eigenvalue weighted by Gasteiger charge is 2.26. The van der Waals surface area contributed by atoms with Crippen LogP contribution < -0.4 is 5.32 Å². The van der Waals surface area contributed by atoms with Crippen LogP contribution in [0, 0.1) is 5.92 Å². The van der Waals surface area contributed by atoms with Crippen LogP contribution >= 0.6 is 50.9 Å². The van der Waals surface area contributed by atoms with Crippen LogP contribution in [-0.2, 0) is 21.9 Å². The van der Waals surface area contributed by atoms with E-state index in [0.29, 0.717) is 34.8 Å². The number of hydrogen-bond donors (Lipinski definition) is 1. The number of benzene rings is 2. The molecule has 0 aliphatic carbocycles. The number of nitrogens with one attached hydrogen (secondary N) is 1. The number of amides is 2. The second-order valence-electron chi connectivity index (χ2n) is 7.69. The van der Waals surface area contributed by atoms with Crippen molar-refractivity contribution in [1.82, 2.24) is 10.2 Å². The number of thioether (sulfide) groups is 1. The Balaban J connectivity index is 2.07. The Labute approximate surface area is 207 Å². The van der Waals surface area contributed by atoms with E-state index in [1.807, 2.05) is 44.2 Å². The van der Waals surface area contributed by atoms with E-state index in [0.717, 1.165) is 15.6 Å². The first kappa shape index (κ1) is 26.0. The maximum absolute atomic E-state index is 13.1. The molecular weight excluding hydrogens is 519 g/mol. The van der Waals surface area contributed by atoms with Gasteiger partial charge in [0.05, 0.1) is 5.75 Å². The third kappa shape index (κ3) is 8.68. The van der Waals surface area contributed by atoms with E-state index < -0.39 is 6.04 Å². The summed E-state index contributed by atoms with van der Waals surface area (Å²) in [6, 6.07) is 12.5. The zero-order valence-corrected chi connectivity index (χ0v) is 21.7. The lowest BCUT2D eigenvalue weighted by molar-refractivity contribution is -0.138. The summed E-state index contributed by atoms with van der Waals surface area (Å²) in [7, 11) is 0. The van der Waals surface area contributed by atoms with Crippen molar-refractivity contribution >= 4 is 62.7 Å². The molecule has 0 saturated carbocycles. The van der Waals surface area contributed by atoms with Gasteiger partial charge in [-0.25, -0.2) is 0 Å². The predicted octanol–water partition coefficient (Wildman–Crippen LogP) is 6.18. The molecule has 0 bridgehead atoms. The van der Waals surface area contributed by atoms with Crippen molar-refractivity contribution in [2.24, 2.45) is 5.92 Å². The third-order valence-electron chi connectivity index (χ3n) is 4.62. The lowest BCUT2D eigenvalue weighted by Gasteiger charge is -2.29. The largest absolute Gasteiger partial charge is 0.354 e. The van der Waals surface area contributed by atoms with Crippen LogP contribution in [-0.4, -0.2) is 35.1 Å². The highest BCUT2D eigenvalue weighted by Crippen LogP contribution is 2.25. The minimum Gasteiger partial charge on any atom is -0.354 e. The molecule has 0 saturated heterocycles. The summed E-state index contributed by atoms with van der Waals surface area (Å²) in [6.07, 6.45) is 0. The Morgan fingerprint density at radius 1 is 1.10 bits per heavy atom. The Kier molecular flexibility index (Phi) is 10.7. The molecule has 1 atom stereocenters. The smallest absolute Gasteiger partial charge is 0.242 e. The molecule has 0 fully saturated rings. The molecule has 0 aliphatic heterocycles. The average Bonchev–Trinajstić information content (AvgIpc) is 2.72. The van der Waals surface area contributed by atoms with Crippen molar-refractivity contribution in [2.75, 3.05) is 12.3 Å². The van der Waals surface area contributed by atoms with Crippen LogP contribution in [0.4, 0.5) is 0 Å². The molecule has 8 heteroatoms. The summed E-state index contributed by atoms with van der Waals surface area (Å²) in [4.78, 5) is 27.4. The van der Waals surface area contributed by atoms with Crippen molar-refractivity contribution in [3.63, 3.8) is 0 Å². The topological polar surface area (TPSA) is 49.4 Å². The standard InChI is InChI=1S/C23H27BrCl2N2O2S/c1-15(2)11-27-23(30)16(3)28(12-17-4-7-19(24)8-5-17)22(29)14-31-13-18-6-9-20(25)10-21(18)26/h4-10,15-16H,11-14H2,1-3H3,(H,27,30). The molecule has 2 aromatic rings. The maximum atomic E-state index is 13.1. The van der Waals surface area contributed by atoms with Crippen molar-refractivity contribution in [3.8, 4) is 0 Å². The quantitative estimate of drug-likeness (QED) is 0.388. The van der Waals surface area contributed by atoms with Crippen LogP contribution in [0.25, 0.3) is 0 Å². The first-order valence-corrected chi connectivity index (χ1v) is 12.7. The molecular formula is C23H27BrCl2N2O2S. The van der Waals surface area contributed by atoms with E-state index in [-0.39, 0.29) is 17.6 Å². The van der Waals surface area contributed by atoms with Gasteiger partial charge in [0.2, 0.25) is 11.8 Å². The molecule has 2 amide bonds. The Morgan fingerprint density at radius 2 is 1.77 bits per heavy atom. The zero-order valence-electron chi connectivity index (χ0n) is 17.8. The first-order valence-electron chi connectivity index (χ1n) is 10.0. The number of hydrogen-bond acceptors (Lipinski definition) is 3. The lowest BCUT2D eigenvalue weighted by Crippen LogP contribution is -2.48. The molecule has 0 heterocycles. The van der Waals surface area contributed by atoms with Crippen LogP contribution in [0.1, 0.15) is 31.9 Å². The fraction of sp³-hybridized carbons (Fsp3) is 0.391. The van der Waals surface area contributed by atoms with Gasteiger partial charge in [0.25, 0.3) is 0 Å². The van der Waals surface area contributed by atoms with Crippen LogP contribution in [0.5, 0.6) is 0 Å². The number of nitrogens with zero attached hydrogens (tertiary/aromatic N) is 1. The summed E-state index contributed by atoms with van der Waals surface area (Å²) in [5, 5.41) is 4.09. The third-order valence-corrected chi connectivity index (χ3v) is 6.70. The van der Waals surface area contributed by atoms with Gasteiger partial charge in [-0.05, 0) is 48.2 Å². The average molecular weight is 546 g/mol. The molecule has 1 unspecified atom stereocenters. The van der Waals surface area contributed by atoms with Gasteiger partial charge >= 0.3 is 0 Å². The molecule has 0 aromatic heterocycles. The number of carbonyl (C=O) groups is 2. The fourth-order valence-corrected chi connectivity index (χ4v) is 4.52. The minimum absolute atomic E-state index is 0.0924. The van der Waals surface area contributed by atoms with Gasteiger partial charge in [0.1, 0.15) is 6.04 Å². The van der Waals surface area contributed by atoms with Crippen LogP contribution in [0.2, 0.25) is 10.0 Å². The summed E-state index contributed by atoms with van der Waals surface area (Å²) < 4.78 is 0.965. The molecule has 4 nitrogen and oxygen atoms in total. The van der Waals surface area contributed by atoms with Crippen LogP contribution in [0.3, 0.4) is 0 Å². The number of rotatable bonds is 10. The van der Waals surface area contributed by atoms with Gasteiger partial charge in [-0.2, -0.15) is 0 Å². The summed E-state index contributed by atoms with van der Waals surface area (Å²) in [5.41, 5.74) is 1.89. The van der Waals surface area contributed by atoms with Gasteiger partial charge in [-0.3, -0.25) is 9.59 Å². The maximum Gasteiger partial charge on any atom is 0.242 e. The van der Waals surface area contributed by atoms with E-state index in [2.05, 4.69) is 21.2 Å². The van der Waals surface area contributed by atoms with Gasteiger partial charge < -0.3 is 10.2 Å². The Hall–Kier alpha value is -1.21. The van der Waals surface area contributed by atoms with Crippen molar-refractivity contribution in [1.29, 1.82) is 0 Å². The lowest BCUT2D eigenvalue weighted by atomic mass is 10.1. The van der Waals surface area contributed by atoms with Crippen molar-refractivity contribution < 1.29 is 9.59 Å².